The van der Waals surface area contributed by atoms with Gasteiger partial charge in [-0.2, -0.15) is 12.6 Å². The Hall–Kier alpha value is -0.380. The minimum Gasteiger partial charge on any atom is -0.444 e. The quantitative estimate of drug-likeness (QED) is 0.741. The third-order valence-electron chi connectivity index (χ3n) is 4.15. The van der Waals surface area contributed by atoms with E-state index in [2.05, 4.69) is 12.6 Å². The molecular weight excluding hydrogens is 246 g/mol. The van der Waals surface area contributed by atoms with Gasteiger partial charge in [-0.25, -0.2) is 4.79 Å². The largest absolute Gasteiger partial charge is 0.444 e. The molecule has 0 radical (unpaired) electrons. The molecule has 0 unspecified atom stereocenters. The second kappa shape index (κ2) is 4.95. The SMILES string of the molecule is CC(C)(C)OC(=O)N1CC[C@]2(CC[C@H](CS)C2)C1. The highest BCUT2D eigenvalue weighted by Gasteiger charge is 2.45. The van der Waals surface area contributed by atoms with Gasteiger partial charge < -0.3 is 9.64 Å². The second-order valence-electron chi connectivity index (χ2n) is 6.94. The van der Waals surface area contributed by atoms with Gasteiger partial charge in [0.05, 0.1) is 0 Å². The Bertz CT molecular complexity index is 326. The van der Waals surface area contributed by atoms with Crippen molar-refractivity contribution in [3.05, 3.63) is 0 Å². The van der Waals surface area contributed by atoms with Crippen LogP contribution in [0.15, 0.2) is 0 Å². The van der Waals surface area contributed by atoms with E-state index in [4.69, 9.17) is 4.74 Å². The van der Waals surface area contributed by atoms with Crippen molar-refractivity contribution in [2.45, 2.75) is 52.1 Å². The van der Waals surface area contributed by atoms with E-state index in [0.717, 1.165) is 31.2 Å². The minimum absolute atomic E-state index is 0.145. The van der Waals surface area contributed by atoms with Crippen LogP contribution in [0.25, 0.3) is 0 Å². The van der Waals surface area contributed by atoms with Crippen LogP contribution < -0.4 is 0 Å². The third kappa shape index (κ3) is 3.14. The number of nitrogens with zero attached hydrogens (tertiary/aromatic N) is 1. The number of ether oxygens (including phenoxy) is 1. The summed E-state index contributed by atoms with van der Waals surface area (Å²) in [4.78, 5) is 13.9. The van der Waals surface area contributed by atoms with Crippen molar-refractivity contribution >= 4 is 18.7 Å². The molecule has 0 aromatic carbocycles. The Labute approximate surface area is 116 Å². The maximum Gasteiger partial charge on any atom is 0.410 e. The van der Waals surface area contributed by atoms with Gasteiger partial charge in [0.2, 0.25) is 0 Å². The van der Waals surface area contributed by atoms with Gasteiger partial charge in [0.25, 0.3) is 0 Å². The molecule has 1 saturated carbocycles. The smallest absolute Gasteiger partial charge is 0.410 e. The summed E-state index contributed by atoms with van der Waals surface area (Å²) in [6, 6.07) is 0. The van der Waals surface area contributed by atoms with Crippen molar-refractivity contribution in [1.82, 2.24) is 4.90 Å². The lowest BCUT2D eigenvalue weighted by atomic mass is 9.85. The molecule has 1 saturated heterocycles. The van der Waals surface area contributed by atoms with E-state index in [1.54, 1.807) is 0 Å². The van der Waals surface area contributed by atoms with Gasteiger partial charge in [-0.15, -0.1) is 0 Å². The van der Waals surface area contributed by atoms with Crippen LogP contribution in [0.4, 0.5) is 4.79 Å². The zero-order valence-electron chi connectivity index (χ0n) is 11.7. The Kier molecular flexibility index (Phi) is 3.86. The molecule has 18 heavy (non-hydrogen) atoms. The van der Waals surface area contributed by atoms with E-state index in [1.807, 2.05) is 25.7 Å². The monoisotopic (exact) mass is 271 g/mol. The van der Waals surface area contributed by atoms with Crippen LogP contribution in [0.1, 0.15) is 46.5 Å². The van der Waals surface area contributed by atoms with Gasteiger partial charge in [0.1, 0.15) is 5.60 Å². The molecule has 1 aliphatic heterocycles. The highest BCUT2D eigenvalue weighted by atomic mass is 32.1. The predicted molar refractivity (Wildman–Crippen MR) is 76.1 cm³/mol. The topological polar surface area (TPSA) is 29.5 Å². The van der Waals surface area contributed by atoms with Crippen LogP contribution in [0.2, 0.25) is 0 Å². The third-order valence-corrected chi connectivity index (χ3v) is 4.67. The second-order valence-corrected chi connectivity index (χ2v) is 7.31. The fourth-order valence-corrected chi connectivity index (χ4v) is 3.58. The first-order chi connectivity index (χ1) is 8.34. The number of carbonyl (C=O) groups is 1. The van der Waals surface area contributed by atoms with Gasteiger partial charge in [-0.3, -0.25) is 0 Å². The molecule has 2 aliphatic rings. The van der Waals surface area contributed by atoms with Crippen LogP contribution in [-0.4, -0.2) is 35.4 Å². The number of hydrogen-bond donors (Lipinski definition) is 1. The van der Waals surface area contributed by atoms with Crippen LogP contribution in [0.3, 0.4) is 0 Å². The van der Waals surface area contributed by atoms with Crippen molar-refractivity contribution in [2.75, 3.05) is 18.8 Å². The zero-order chi connectivity index (χ0) is 13.4. The normalized spacial score (nSPS) is 32.2. The summed E-state index contributed by atoms with van der Waals surface area (Å²) in [6.45, 7) is 7.50. The number of thiol groups is 1. The molecule has 0 N–H and O–H groups in total. The fourth-order valence-electron chi connectivity index (χ4n) is 3.27. The molecule has 1 spiro atoms. The lowest BCUT2D eigenvalue weighted by Gasteiger charge is -2.27. The van der Waals surface area contributed by atoms with Crippen molar-refractivity contribution in [2.24, 2.45) is 11.3 Å². The summed E-state index contributed by atoms with van der Waals surface area (Å²) in [7, 11) is 0. The Balaban J connectivity index is 1.91. The average Bonchev–Trinajstić information content (AvgIpc) is 2.84. The average molecular weight is 271 g/mol. The van der Waals surface area contributed by atoms with E-state index >= 15 is 0 Å². The van der Waals surface area contributed by atoms with Gasteiger partial charge in [0.15, 0.2) is 0 Å². The van der Waals surface area contributed by atoms with Crippen LogP contribution in [0, 0.1) is 11.3 Å². The molecule has 3 nitrogen and oxygen atoms in total. The lowest BCUT2D eigenvalue weighted by Crippen LogP contribution is -2.36. The van der Waals surface area contributed by atoms with E-state index in [9.17, 15) is 4.79 Å². The van der Waals surface area contributed by atoms with Gasteiger partial charge in [0, 0.05) is 13.1 Å². The molecule has 1 heterocycles. The summed E-state index contributed by atoms with van der Waals surface area (Å²) >= 11 is 4.41. The summed E-state index contributed by atoms with van der Waals surface area (Å²) in [6.07, 6.45) is 4.74. The van der Waals surface area contributed by atoms with Crippen molar-refractivity contribution in [3.63, 3.8) is 0 Å². The first kappa shape index (κ1) is 14.0. The predicted octanol–water partition coefficient (Wildman–Crippen LogP) is 3.34. The number of carbonyl (C=O) groups excluding carboxylic acids is 1. The molecule has 2 rings (SSSR count). The van der Waals surface area contributed by atoms with Crippen molar-refractivity contribution in [1.29, 1.82) is 0 Å². The fraction of sp³-hybridized carbons (Fsp3) is 0.929. The zero-order valence-corrected chi connectivity index (χ0v) is 12.6. The minimum atomic E-state index is -0.393. The summed E-state index contributed by atoms with van der Waals surface area (Å²) in [5, 5.41) is 0. The van der Waals surface area contributed by atoms with Crippen LogP contribution >= 0.6 is 12.6 Å². The molecule has 104 valence electrons. The Morgan fingerprint density at radius 1 is 1.44 bits per heavy atom. The number of hydrogen-bond acceptors (Lipinski definition) is 3. The number of likely N-dealkylation sites (tertiary alicyclic amines) is 1. The summed E-state index contributed by atoms with van der Waals surface area (Å²) < 4.78 is 5.45. The number of amides is 1. The summed E-state index contributed by atoms with van der Waals surface area (Å²) in [5.41, 5.74) is -0.0273. The van der Waals surface area contributed by atoms with Gasteiger partial charge in [-0.05, 0) is 63.5 Å². The molecule has 2 fully saturated rings. The van der Waals surface area contributed by atoms with Crippen molar-refractivity contribution in [3.8, 4) is 0 Å². The number of rotatable bonds is 1. The Morgan fingerprint density at radius 3 is 2.72 bits per heavy atom. The highest BCUT2D eigenvalue weighted by Crippen LogP contribution is 2.48. The molecule has 0 bridgehead atoms. The molecule has 1 aliphatic carbocycles. The summed E-state index contributed by atoms with van der Waals surface area (Å²) in [5.74, 6) is 1.72. The molecule has 0 aromatic heterocycles. The van der Waals surface area contributed by atoms with Crippen molar-refractivity contribution < 1.29 is 9.53 Å². The van der Waals surface area contributed by atoms with Crippen LogP contribution in [-0.2, 0) is 4.74 Å². The van der Waals surface area contributed by atoms with Gasteiger partial charge >= 0.3 is 6.09 Å². The Morgan fingerprint density at radius 2 is 2.17 bits per heavy atom. The maximum absolute atomic E-state index is 12.0. The first-order valence-corrected chi connectivity index (χ1v) is 7.56. The highest BCUT2D eigenvalue weighted by molar-refractivity contribution is 7.80. The first-order valence-electron chi connectivity index (χ1n) is 6.92. The van der Waals surface area contributed by atoms with E-state index in [1.165, 1.54) is 19.3 Å². The molecular formula is C14H25NO2S. The maximum atomic E-state index is 12.0. The molecule has 0 aromatic rings. The van der Waals surface area contributed by atoms with Gasteiger partial charge in [-0.1, -0.05) is 0 Å². The van der Waals surface area contributed by atoms with E-state index < -0.39 is 5.60 Å². The standard InChI is InChI=1S/C14H25NO2S/c1-13(2,3)17-12(16)15-7-6-14(10-15)5-4-11(8-14)9-18/h11,18H,4-10H2,1-3H3/t11-,14-/m0/s1. The molecule has 4 heteroatoms. The van der Waals surface area contributed by atoms with E-state index in [0.29, 0.717) is 5.41 Å². The molecule has 2 atom stereocenters. The lowest BCUT2D eigenvalue weighted by molar-refractivity contribution is 0.0273. The van der Waals surface area contributed by atoms with E-state index in [-0.39, 0.29) is 6.09 Å². The van der Waals surface area contributed by atoms with Crippen LogP contribution in [0.5, 0.6) is 0 Å². The molecule has 1 amide bonds.